The van der Waals surface area contributed by atoms with Crippen LogP contribution in [0.2, 0.25) is 0 Å². The fraction of sp³-hybridized carbons (Fsp3) is 0.111. The number of hydrogen-bond donors (Lipinski definition) is 1. The molecule has 0 unspecified atom stereocenters. The lowest BCUT2D eigenvalue weighted by atomic mass is 10.1. The second-order valence-corrected chi connectivity index (χ2v) is 2.96. The van der Waals surface area contributed by atoms with E-state index in [0.29, 0.717) is 6.67 Å². The van der Waals surface area contributed by atoms with Gasteiger partial charge in [0.05, 0.1) is 0 Å². The van der Waals surface area contributed by atoms with Crippen LogP contribution in [0, 0.1) is 0 Å². The largest absolute Gasteiger partial charge is 0.366 e. The predicted octanol–water partition coefficient (Wildman–Crippen LogP) is 1.33. The van der Waals surface area contributed by atoms with Crippen molar-refractivity contribution < 1.29 is 0 Å². The predicted molar refractivity (Wildman–Crippen MR) is 49.1 cm³/mol. The van der Waals surface area contributed by atoms with Gasteiger partial charge in [-0.25, -0.2) is 9.67 Å². The smallest absolute Gasteiger partial charge is 0.161 e. The van der Waals surface area contributed by atoms with Crippen molar-refractivity contribution in [2.45, 2.75) is 6.67 Å². The molecule has 1 aromatic carbocycles. The molecular weight excluding hydrogens is 164 g/mol. The summed E-state index contributed by atoms with van der Waals surface area (Å²) >= 11 is 0. The van der Waals surface area contributed by atoms with E-state index in [-0.39, 0.29) is 0 Å². The molecule has 1 aliphatic rings. The van der Waals surface area contributed by atoms with Crippen molar-refractivity contribution in [2.75, 3.05) is 5.32 Å². The Labute approximate surface area is 75.2 Å². The molecule has 0 spiro atoms. The minimum absolute atomic E-state index is 0.701. The molecule has 4 heteroatoms. The Kier molecular flexibility index (Phi) is 1.19. The topological polar surface area (TPSA) is 42.7 Å². The molecule has 0 bridgehead atoms. The van der Waals surface area contributed by atoms with E-state index in [2.05, 4.69) is 15.4 Å². The van der Waals surface area contributed by atoms with Crippen LogP contribution < -0.4 is 5.32 Å². The third kappa shape index (κ3) is 0.853. The Hall–Kier alpha value is -1.84. The van der Waals surface area contributed by atoms with Crippen LogP contribution in [-0.4, -0.2) is 14.8 Å². The molecule has 0 atom stereocenters. The molecule has 1 aliphatic heterocycles. The highest BCUT2D eigenvalue weighted by atomic mass is 15.4. The monoisotopic (exact) mass is 172 g/mol. The summed E-state index contributed by atoms with van der Waals surface area (Å²) in [6.07, 6.45) is 1.58. The van der Waals surface area contributed by atoms with Crippen LogP contribution >= 0.6 is 0 Å². The molecule has 2 aromatic rings. The highest BCUT2D eigenvalue weighted by Crippen LogP contribution is 2.28. The van der Waals surface area contributed by atoms with Crippen molar-refractivity contribution in [2.24, 2.45) is 0 Å². The quantitative estimate of drug-likeness (QED) is 0.651. The zero-order valence-corrected chi connectivity index (χ0v) is 6.94. The average Bonchev–Trinajstić information content (AvgIpc) is 2.65. The van der Waals surface area contributed by atoms with Crippen molar-refractivity contribution in [1.29, 1.82) is 0 Å². The third-order valence-electron chi connectivity index (χ3n) is 2.20. The highest BCUT2D eigenvalue weighted by molar-refractivity contribution is 5.74. The van der Waals surface area contributed by atoms with Crippen molar-refractivity contribution >= 4 is 5.69 Å². The molecule has 2 heterocycles. The Morgan fingerprint density at radius 2 is 2.23 bits per heavy atom. The molecule has 4 nitrogen and oxygen atoms in total. The standard InChI is InChI=1S/C9H8N4/c1-2-4-8-7(3-1)9-10-5-12-13(9)6-11-8/h1-5,11H,6H2. The number of benzene rings is 1. The van der Waals surface area contributed by atoms with E-state index < -0.39 is 0 Å². The van der Waals surface area contributed by atoms with Gasteiger partial charge in [-0.05, 0) is 12.1 Å². The summed E-state index contributed by atoms with van der Waals surface area (Å²) in [5, 5.41) is 7.36. The number of rotatable bonds is 0. The van der Waals surface area contributed by atoms with E-state index in [1.165, 1.54) is 0 Å². The molecule has 13 heavy (non-hydrogen) atoms. The van der Waals surface area contributed by atoms with Crippen molar-refractivity contribution in [3.05, 3.63) is 30.6 Å². The van der Waals surface area contributed by atoms with E-state index in [9.17, 15) is 0 Å². The van der Waals surface area contributed by atoms with Crippen LogP contribution in [-0.2, 0) is 6.67 Å². The number of para-hydroxylation sites is 1. The summed E-state index contributed by atoms with van der Waals surface area (Å²) in [5.41, 5.74) is 2.24. The summed E-state index contributed by atoms with van der Waals surface area (Å²) < 4.78 is 1.85. The van der Waals surface area contributed by atoms with Gasteiger partial charge in [-0.15, -0.1) is 0 Å². The molecule has 64 valence electrons. The van der Waals surface area contributed by atoms with E-state index >= 15 is 0 Å². The Morgan fingerprint density at radius 1 is 1.31 bits per heavy atom. The van der Waals surface area contributed by atoms with Gasteiger partial charge in [0.1, 0.15) is 13.0 Å². The first-order chi connectivity index (χ1) is 6.45. The SMILES string of the molecule is c1ccc2c(c1)NCn1ncnc1-2. The van der Waals surface area contributed by atoms with E-state index in [1.54, 1.807) is 6.33 Å². The number of fused-ring (bicyclic) bond motifs is 3. The molecule has 0 fully saturated rings. The van der Waals surface area contributed by atoms with E-state index in [0.717, 1.165) is 17.1 Å². The lowest BCUT2D eigenvalue weighted by Crippen LogP contribution is -2.16. The van der Waals surface area contributed by atoms with Gasteiger partial charge in [0.2, 0.25) is 0 Å². The minimum Gasteiger partial charge on any atom is -0.366 e. The number of hydrogen-bond acceptors (Lipinski definition) is 3. The van der Waals surface area contributed by atoms with Gasteiger partial charge >= 0.3 is 0 Å². The molecular formula is C9H8N4. The maximum atomic E-state index is 4.21. The first kappa shape index (κ1) is 6.65. The van der Waals surface area contributed by atoms with Gasteiger partial charge < -0.3 is 5.32 Å². The van der Waals surface area contributed by atoms with Crippen LogP contribution in [0.25, 0.3) is 11.4 Å². The number of nitrogens with zero attached hydrogens (tertiary/aromatic N) is 3. The maximum absolute atomic E-state index is 4.21. The average molecular weight is 172 g/mol. The highest BCUT2D eigenvalue weighted by Gasteiger charge is 2.15. The molecule has 0 radical (unpaired) electrons. The number of nitrogens with one attached hydrogen (secondary N) is 1. The first-order valence-electron chi connectivity index (χ1n) is 4.16. The van der Waals surface area contributed by atoms with Gasteiger partial charge in [0.15, 0.2) is 5.82 Å². The summed E-state index contributed by atoms with van der Waals surface area (Å²) in [7, 11) is 0. The maximum Gasteiger partial charge on any atom is 0.161 e. The lowest BCUT2D eigenvalue weighted by molar-refractivity contribution is 0.667. The van der Waals surface area contributed by atoms with Crippen LogP contribution in [0.15, 0.2) is 30.6 Å². The van der Waals surface area contributed by atoms with Gasteiger partial charge in [-0.3, -0.25) is 0 Å². The zero-order chi connectivity index (χ0) is 8.67. The van der Waals surface area contributed by atoms with Crippen LogP contribution in [0.5, 0.6) is 0 Å². The molecule has 0 saturated heterocycles. The second kappa shape index (κ2) is 2.32. The molecule has 3 rings (SSSR count). The van der Waals surface area contributed by atoms with Crippen LogP contribution in [0.4, 0.5) is 5.69 Å². The van der Waals surface area contributed by atoms with Crippen molar-refractivity contribution in [3.63, 3.8) is 0 Å². The van der Waals surface area contributed by atoms with Gasteiger partial charge in [0.25, 0.3) is 0 Å². The Bertz CT molecular complexity index is 446. The second-order valence-electron chi connectivity index (χ2n) is 2.96. The summed E-state index contributed by atoms with van der Waals surface area (Å²) in [4.78, 5) is 4.21. The Morgan fingerprint density at radius 3 is 3.23 bits per heavy atom. The molecule has 1 aromatic heterocycles. The van der Waals surface area contributed by atoms with Gasteiger partial charge in [-0.1, -0.05) is 12.1 Å². The van der Waals surface area contributed by atoms with Crippen molar-refractivity contribution in [3.8, 4) is 11.4 Å². The normalized spacial score (nSPS) is 12.9. The molecule has 0 amide bonds. The van der Waals surface area contributed by atoms with E-state index in [4.69, 9.17) is 0 Å². The lowest BCUT2D eigenvalue weighted by Gasteiger charge is -2.17. The van der Waals surface area contributed by atoms with Gasteiger partial charge in [-0.2, -0.15) is 5.10 Å². The molecule has 0 aliphatic carbocycles. The number of anilines is 1. The van der Waals surface area contributed by atoms with Crippen LogP contribution in [0.3, 0.4) is 0 Å². The summed E-state index contributed by atoms with van der Waals surface area (Å²) in [6.45, 7) is 0.701. The molecule has 0 saturated carbocycles. The van der Waals surface area contributed by atoms with Crippen LogP contribution in [0.1, 0.15) is 0 Å². The van der Waals surface area contributed by atoms with Crippen molar-refractivity contribution in [1.82, 2.24) is 14.8 Å². The molecule has 1 N–H and O–H groups in total. The third-order valence-corrected chi connectivity index (χ3v) is 2.20. The first-order valence-corrected chi connectivity index (χ1v) is 4.16. The fourth-order valence-corrected chi connectivity index (χ4v) is 1.58. The number of aromatic nitrogens is 3. The van der Waals surface area contributed by atoms with E-state index in [1.807, 2.05) is 28.9 Å². The summed E-state index contributed by atoms with van der Waals surface area (Å²) in [5.74, 6) is 0.939. The fourth-order valence-electron chi connectivity index (χ4n) is 1.58. The summed E-state index contributed by atoms with van der Waals surface area (Å²) in [6, 6.07) is 8.11. The van der Waals surface area contributed by atoms with Gasteiger partial charge in [0, 0.05) is 11.3 Å². The zero-order valence-electron chi connectivity index (χ0n) is 6.94. The minimum atomic E-state index is 0.701. The Balaban J connectivity index is 2.30.